The van der Waals surface area contributed by atoms with Gasteiger partial charge in [0.2, 0.25) is 11.8 Å². The number of ether oxygens (including phenoxy) is 2. The maximum Gasteiger partial charge on any atom is 0.238 e. The van der Waals surface area contributed by atoms with Crippen molar-refractivity contribution in [3.05, 3.63) is 118 Å². The van der Waals surface area contributed by atoms with Crippen LogP contribution in [0.4, 0.5) is 5.69 Å². The number of hydrogen-bond donors (Lipinski definition) is 1. The predicted octanol–water partition coefficient (Wildman–Crippen LogP) is 5.27. The fraction of sp³-hybridized carbons (Fsp3) is 0.237. The van der Waals surface area contributed by atoms with Crippen molar-refractivity contribution in [2.45, 2.75) is 25.7 Å². The van der Waals surface area contributed by atoms with E-state index in [0.717, 1.165) is 0 Å². The van der Waals surface area contributed by atoms with Gasteiger partial charge in [-0.25, -0.2) is 0 Å². The van der Waals surface area contributed by atoms with Crippen LogP contribution in [0.15, 0.2) is 101 Å². The van der Waals surface area contributed by atoms with Gasteiger partial charge in [0.25, 0.3) is 0 Å². The molecule has 3 aromatic carbocycles. The Bertz CT molecular complexity index is 1990. The van der Waals surface area contributed by atoms with E-state index in [1.165, 1.54) is 31.3 Å². The summed E-state index contributed by atoms with van der Waals surface area (Å²) in [7, 11) is 2.89. The van der Waals surface area contributed by atoms with Crippen LogP contribution >= 0.6 is 0 Å². The molecule has 1 heterocycles. The minimum absolute atomic E-state index is 0.101. The Morgan fingerprint density at radius 1 is 0.872 bits per heavy atom. The fourth-order valence-corrected chi connectivity index (χ4v) is 7.63. The molecular formula is C38H31NO8. The number of hydrogen-bond acceptors (Lipinski definition) is 8. The number of phenols is 1. The van der Waals surface area contributed by atoms with Gasteiger partial charge in [0.05, 0.1) is 31.7 Å². The van der Waals surface area contributed by atoms with E-state index in [4.69, 9.17) is 9.47 Å². The second kappa shape index (κ2) is 11.3. The second-order valence-electron chi connectivity index (χ2n) is 12.2. The van der Waals surface area contributed by atoms with E-state index in [2.05, 4.69) is 0 Å². The maximum atomic E-state index is 14.3. The summed E-state index contributed by atoms with van der Waals surface area (Å²) in [6.45, 7) is 1.58. The van der Waals surface area contributed by atoms with E-state index in [1.807, 2.05) is 12.1 Å². The third-order valence-corrected chi connectivity index (χ3v) is 9.83. The summed E-state index contributed by atoms with van der Waals surface area (Å²) in [6.07, 6.45) is 3.52. The van der Waals surface area contributed by atoms with E-state index < -0.39 is 29.6 Å². The maximum absolute atomic E-state index is 14.3. The van der Waals surface area contributed by atoms with Crippen molar-refractivity contribution in [2.75, 3.05) is 19.1 Å². The molecule has 0 unspecified atom stereocenters. The number of nitrogens with zero attached hydrogens (tertiary/aromatic N) is 1. The summed E-state index contributed by atoms with van der Waals surface area (Å²) in [5, 5.41) is 11.3. The summed E-state index contributed by atoms with van der Waals surface area (Å²) in [5.74, 6) is -4.13. The van der Waals surface area contributed by atoms with Crippen LogP contribution < -0.4 is 14.4 Å². The van der Waals surface area contributed by atoms with Crippen molar-refractivity contribution in [2.24, 2.45) is 17.8 Å². The Labute approximate surface area is 270 Å². The number of anilines is 1. The molecule has 3 aliphatic carbocycles. The summed E-state index contributed by atoms with van der Waals surface area (Å²) in [5.41, 5.74) is 3.08. The van der Waals surface area contributed by atoms with Crippen LogP contribution in [0.25, 0.3) is 0 Å². The summed E-state index contributed by atoms with van der Waals surface area (Å²) in [4.78, 5) is 69.5. The molecule has 1 fully saturated rings. The van der Waals surface area contributed by atoms with Gasteiger partial charge in [-0.2, -0.15) is 0 Å². The Balaban J connectivity index is 1.29. The van der Waals surface area contributed by atoms with Crippen LogP contribution in [0.5, 0.6) is 17.2 Å². The molecule has 1 aliphatic heterocycles. The fourth-order valence-electron chi connectivity index (χ4n) is 7.63. The van der Waals surface area contributed by atoms with Gasteiger partial charge in [-0.1, -0.05) is 42.0 Å². The number of rotatable bonds is 6. The highest BCUT2D eigenvalue weighted by molar-refractivity contribution is 6.25. The molecule has 236 valence electrons. The normalized spacial score (nSPS) is 23.5. The van der Waals surface area contributed by atoms with E-state index in [9.17, 15) is 29.1 Å². The van der Waals surface area contributed by atoms with E-state index >= 15 is 0 Å². The van der Waals surface area contributed by atoms with Gasteiger partial charge in [0.15, 0.2) is 17.3 Å². The third-order valence-electron chi connectivity index (χ3n) is 9.83. The van der Waals surface area contributed by atoms with Crippen LogP contribution in [-0.4, -0.2) is 48.5 Å². The molecule has 3 aromatic rings. The topological polar surface area (TPSA) is 127 Å². The summed E-state index contributed by atoms with van der Waals surface area (Å²) >= 11 is 0. The lowest BCUT2D eigenvalue weighted by Crippen LogP contribution is -2.40. The molecule has 0 spiro atoms. The summed E-state index contributed by atoms with van der Waals surface area (Å²) in [6, 6.07) is 18.2. The molecule has 0 bridgehead atoms. The number of carbonyl (C=O) groups is 5. The first kappa shape index (κ1) is 30.1. The average molecular weight is 630 g/mol. The third kappa shape index (κ3) is 4.64. The smallest absolute Gasteiger partial charge is 0.238 e. The number of aromatic hydroxyl groups is 1. The van der Waals surface area contributed by atoms with Crippen LogP contribution in [0.1, 0.15) is 47.2 Å². The standard InChI is InChI=1S/C38H31NO8/c1-19-15-28(40)27-18-26-24(32(33(27)35(19)42)34-29(41)16-23(46-2)17-30(34)47-3)13-14-25-31(26)38(45)39(37(25)44)22-11-9-21(10-12-22)36(43)20-7-5-4-6-8-20/h4-13,15-17,25-26,31-32,41H,14,18H2,1-3H3/t25-,26+,31-,32-/m0/s1. The van der Waals surface area contributed by atoms with Gasteiger partial charge < -0.3 is 14.6 Å². The Kier molecular flexibility index (Phi) is 7.27. The van der Waals surface area contributed by atoms with Gasteiger partial charge >= 0.3 is 0 Å². The predicted molar refractivity (Wildman–Crippen MR) is 171 cm³/mol. The first-order valence-corrected chi connectivity index (χ1v) is 15.4. The van der Waals surface area contributed by atoms with Crippen LogP contribution in [0.3, 0.4) is 0 Å². The molecule has 1 N–H and O–H groups in total. The lowest BCUT2D eigenvalue weighted by atomic mass is 9.59. The number of carbonyl (C=O) groups excluding carboxylic acids is 5. The van der Waals surface area contributed by atoms with Crippen molar-refractivity contribution in [3.8, 4) is 17.2 Å². The minimum atomic E-state index is -0.883. The SMILES string of the molecule is COc1cc(O)c([C@H]2C3=CC[C@@H]4C(=O)N(c5ccc(C(=O)c6ccccc6)cc5)C(=O)[C@@H]4[C@@H]3CC3=C2C(=O)C(C)=CC3=O)c(OC)c1. The van der Waals surface area contributed by atoms with Crippen molar-refractivity contribution >= 4 is 34.9 Å². The molecule has 4 atom stereocenters. The Hall–Kier alpha value is -5.57. The van der Waals surface area contributed by atoms with E-state index in [-0.39, 0.29) is 64.3 Å². The zero-order valence-corrected chi connectivity index (χ0v) is 26.0. The highest BCUT2D eigenvalue weighted by atomic mass is 16.5. The molecular weight excluding hydrogens is 598 g/mol. The molecule has 4 aliphatic rings. The Morgan fingerprint density at radius 2 is 1.57 bits per heavy atom. The highest BCUT2D eigenvalue weighted by Gasteiger charge is 2.57. The van der Waals surface area contributed by atoms with Crippen molar-refractivity contribution < 1.29 is 38.6 Å². The zero-order valence-electron chi connectivity index (χ0n) is 26.0. The molecule has 9 heteroatoms. The number of phenolic OH excluding ortho intramolecular Hbond substituents is 1. The quantitative estimate of drug-likeness (QED) is 0.169. The second-order valence-corrected chi connectivity index (χ2v) is 12.2. The lowest BCUT2D eigenvalue weighted by molar-refractivity contribution is -0.123. The lowest BCUT2D eigenvalue weighted by Gasteiger charge is -2.42. The number of ketones is 3. The average Bonchev–Trinajstić information content (AvgIpc) is 3.35. The van der Waals surface area contributed by atoms with Crippen molar-refractivity contribution in [3.63, 3.8) is 0 Å². The van der Waals surface area contributed by atoms with E-state index in [1.54, 1.807) is 61.5 Å². The molecule has 7 rings (SSSR count). The van der Waals surface area contributed by atoms with Gasteiger partial charge in [-0.15, -0.1) is 0 Å². The van der Waals surface area contributed by atoms with E-state index in [0.29, 0.717) is 33.7 Å². The Morgan fingerprint density at radius 3 is 2.26 bits per heavy atom. The monoisotopic (exact) mass is 629 g/mol. The molecule has 0 saturated carbocycles. The zero-order chi connectivity index (χ0) is 33.1. The van der Waals surface area contributed by atoms with Gasteiger partial charge in [0, 0.05) is 51.5 Å². The van der Waals surface area contributed by atoms with Crippen LogP contribution in [0, 0.1) is 17.8 Å². The molecule has 2 amide bonds. The highest BCUT2D eigenvalue weighted by Crippen LogP contribution is 2.58. The number of benzene rings is 3. The van der Waals surface area contributed by atoms with Gasteiger partial charge in [-0.3, -0.25) is 28.9 Å². The first-order valence-electron chi connectivity index (χ1n) is 15.4. The largest absolute Gasteiger partial charge is 0.507 e. The number of amides is 2. The van der Waals surface area contributed by atoms with Gasteiger partial charge in [-0.05, 0) is 56.0 Å². The van der Waals surface area contributed by atoms with Gasteiger partial charge in [0.1, 0.15) is 17.2 Å². The first-order chi connectivity index (χ1) is 22.6. The number of fused-ring (bicyclic) bond motifs is 3. The number of allylic oxidation sites excluding steroid dienone is 6. The van der Waals surface area contributed by atoms with Crippen molar-refractivity contribution in [1.82, 2.24) is 0 Å². The molecule has 0 radical (unpaired) electrons. The number of imide groups is 1. The molecule has 1 saturated heterocycles. The molecule has 0 aromatic heterocycles. The minimum Gasteiger partial charge on any atom is -0.507 e. The van der Waals surface area contributed by atoms with Crippen LogP contribution in [0.2, 0.25) is 0 Å². The molecule has 9 nitrogen and oxygen atoms in total. The number of Topliss-reactive ketones (excluding diaryl/α,β-unsaturated/α-hetero) is 1. The van der Waals surface area contributed by atoms with Crippen molar-refractivity contribution in [1.29, 1.82) is 0 Å². The summed E-state index contributed by atoms with van der Waals surface area (Å²) < 4.78 is 11.0. The molecule has 47 heavy (non-hydrogen) atoms. The number of methoxy groups -OCH3 is 2. The van der Waals surface area contributed by atoms with Crippen LogP contribution in [-0.2, 0) is 19.2 Å².